The number of rotatable bonds is 6. The monoisotopic (exact) mass is 494 g/mol. The third-order valence-electron chi connectivity index (χ3n) is 5.57. The van der Waals surface area contributed by atoms with E-state index in [2.05, 4.69) is 54.6 Å². The lowest BCUT2D eigenvalue weighted by atomic mass is 9.98. The Balaban J connectivity index is 0.000000331. The van der Waals surface area contributed by atoms with Crippen LogP contribution in [0, 0.1) is 11.6 Å². The largest absolute Gasteiger partial charge is 0.505 e. The van der Waals surface area contributed by atoms with Crippen LogP contribution in [0.5, 0.6) is 5.75 Å². The average molecular weight is 495 g/mol. The van der Waals surface area contributed by atoms with E-state index < -0.39 is 19.7 Å². The summed E-state index contributed by atoms with van der Waals surface area (Å²) in [6.07, 6.45) is 0. The summed E-state index contributed by atoms with van der Waals surface area (Å²) in [6.45, 7) is 21.8. The fourth-order valence-corrected chi connectivity index (χ4v) is 3.93. The molecule has 0 spiro atoms. The van der Waals surface area contributed by atoms with Crippen molar-refractivity contribution in [3.8, 4) is 5.75 Å². The minimum Gasteiger partial charge on any atom is -0.505 e. The van der Waals surface area contributed by atoms with Crippen molar-refractivity contribution in [2.75, 3.05) is 0 Å². The zero-order chi connectivity index (χ0) is 25.7. The van der Waals surface area contributed by atoms with Gasteiger partial charge in [0.15, 0.2) is 19.9 Å². The smallest absolute Gasteiger partial charge is 0.236 e. The molecule has 0 bridgehead atoms. The predicted molar refractivity (Wildman–Crippen MR) is 136 cm³/mol. The van der Waals surface area contributed by atoms with E-state index in [1.54, 1.807) is 18.2 Å². The average Bonchev–Trinajstić information content (AvgIpc) is 2.67. The number of phenols is 1. The van der Waals surface area contributed by atoms with E-state index in [0.29, 0.717) is 16.4 Å². The van der Waals surface area contributed by atoms with E-state index in [4.69, 9.17) is 8.85 Å². The van der Waals surface area contributed by atoms with Crippen LogP contribution >= 0.6 is 0 Å². The second kappa shape index (κ2) is 11.3. The van der Waals surface area contributed by atoms with Gasteiger partial charge in [0.1, 0.15) is 5.82 Å². The second-order valence-electron chi connectivity index (χ2n) is 11.3. The van der Waals surface area contributed by atoms with Crippen molar-refractivity contribution in [1.82, 2.24) is 0 Å². The van der Waals surface area contributed by atoms with Crippen LogP contribution in [0.2, 0.25) is 23.2 Å². The van der Waals surface area contributed by atoms with Gasteiger partial charge in [-0.05, 0) is 72.4 Å². The van der Waals surface area contributed by atoms with Crippen molar-refractivity contribution in [3.63, 3.8) is 0 Å². The third-order valence-corrected chi connectivity index (χ3v) is 11.3. The number of hydrogen-bond acceptors (Lipinski definition) is 3. The number of hydrogen-bond donors (Lipinski definition) is 1. The van der Waals surface area contributed by atoms with Gasteiger partial charge >= 0.3 is 0 Å². The molecule has 1 N–H and O–H groups in total. The molecule has 2 aromatic carbocycles. The topological polar surface area (TPSA) is 38.7 Å². The Morgan fingerprint density at radius 3 is 1.88 bits per heavy atom. The zero-order valence-corrected chi connectivity index (χ0v) is 23.8. The maximum atomic E-state index is 13.0. The van der Waals surface area contributed by atoms with E-state index in [1.165, 1.54) is 24.3 Å². The molecule has 184 valence electrons. The van der Waals surface area contributed by atoms with Gasteiger partial charge in [-0.2, -0.15) is 0 Å². The standard InChI is InChI=1S/C13H19FO2Si.C13H21FOSi/c1-12(2,3)17-16-13(4,5)9-6-7-10(14)11(15)8-9;1-13(2,3)16(4,5)15-10-11-6-8-12(14)9-7-11/h6-8,15H,1-5H3;6-9H,10H2,1-5H3. The fourth-order valence-electron chi connectivity index (χ4n) is 2.29. The molecule has 0 aliphatic carbocycles. The van der Waals surface area contributed by atoms with Crippen LogP contribution in [-0.2, 0) is 21.1 Å². The number of aromatic hydroxyl groups is 1. The summed E-state index contributed by atoms with van der Waals surface area (Å²) < 4.78 is 37.6. The first kappa shape index (κ1) is 29.5. The molecule has 0 saturated carbocycles. The Kier molecular flexibility index (Phi) is 10.1. The Bertz CT molecular complexity index is 884. The molecule has 0 amide bonds. The normalized spacial score (nSPS) is 12.8. The molecule has 0 heterocycles. The molecule has 0 saturated heterocycles. The summed E-state index contributed by atoms with van der Waals surface area (Å²) in [5.74, 6) is -1.14. The first-order valence-corrected chi connectivity index (χ1v) is 15.0. The Hall–Kier alpha value is -1.55. The van der Waals surface area contributed by atoms with Crippen molar-refractivity contribution in [3.05, 3.63) is 65.2 Å². The van der Waals surface area contributed by atoms with Gasteiger partial charge in [0.2, 0.25) is 9.76 Å². The van der Waals surface area contributed by atoms with Crippen molar-refractivity contribution in [1.29, 1.82) is 0 Å². The van der Waals surface area contributed by atoms with Crippen LogP contribution in [0.25, 0.3) is 0 Å². The number of halogens is 2. The van der Waals surface area contributed by atoms with Gasteiger partial charge in [0, 0.05) is 0 Å². The van der Waals surface area contributed by atoms with Gasteiger partial charge in [-0.25, -0.2) is 8.78 Å². The molecule has 0 aliphatic rings. The summed E-state index contributed by atoms with van der Waals surface area (Å²) in [7, 11) is -1.36. The Labute approximate surface area is 202 Å². The molecule has 0 atom stereocenters. The molecule has 0 aromatic heterocycles. The van der Waals surface area contributed by atoms with Gasteiger partial charge in [0.05, 0.1) is 12.2 Å². The Morgan fingerprint density at radius 1 is 0.879 bits per heavy atom. The van der Waals surface area contributed by atoms with E-state index in [-0.39, 0.29) is 21.6 Å². The highest BCUT2D eigenvalue weighted by Gasteiger charge is 2.37. The second-order valence-corrected chi connectivity index (χ2v) is 18.0. The van der Waals surface area contributed by atoms with Crippen LogP contribution in [-0.4, -0.2) is 23.2 Å². The lowest BCUT2D eigenvalue weighted by Crippen LogP contribution is -2.40. The number of phenolic OH excluding ortho intramolecular Hbond substituents is 1. The summed E-state index contributed by atoms with van der Waals surface area (Å²) in [4.78, 5) is 0. The fraction of sp³-hybridized carbons (Fsp3) is 0.538. The molecule has 7 heteroatoms. The van der Waals surface area contributed by atoms with Gasteiger partial charge in [-0.15, -0.1) is 0 Å². The summed E-state index contributed by atoms with van der Waals surface area (Å²) in [5, 5.41) is 9.68. The summed E-state index contributed by atoms with van der Waals surface area (Å²) in [5.41, 5.74) is 1.27. The quantitative estimate of drug-likeness (QED) is 0.414. The molecule has 2 rings (SSSR count). The van der Waals surface area contributed by atoms with E-state index in [9.17, 15) is 13.9 Å². The molecule has 2 radical (unpaired) electrons. The van der Waals surface area contributed by atoms with Gasteiger partial charge in [-0.3, -0.25) is 0 Å². The first-order valence-electron chi connectivity index (χ1n) is 11.2. The molecule has 0 aliphatic heterocycles. The molecular formula is C26H40F2O3Si2. The van der Waals surface area contributed by atoms with E-state index in [1.807, 2.05) is 13.8 Å². The molecule has 0 fully saturated rings. The van der Waals surface area contributed by atoms with Crippen LogP contribution in [0.15, 0.2) is 42.5 Å². The predicted octanol–water partition coefficient (Wildman–Crippen LogP) is 7.97. The highest BCUT2D eigenvalue weighted by atomic mass is 28.4. The van der Waals surface area contributed by atoms with Crippen LogP contribution < -0.4 is 0 Å². The molecule has 33 heavy (non-hydrogen) atoms. The minimum absolute atomic E-state index is 0.0966. The lowest BCUT2D eigenvalue weighted by Gasteiger charge is -2.36. The Morgan fingerprint density at radius 2 is 1.42 bits per heavy atom. The van der Waals surface area contributed by atoms with Crippen molar-refractivity contribution in [2.24, 2.45) is 0 Å². The van der Waals surface area contributed by atoms with E-state index >= 15 is 0 Å². The summed E-state index contributed by atoms with van der Waals surface area (Å²) in [6, 6.07) is 10.8. The maximum Gasteiger partial charge on any atom is 0.236 e. The SMILES string of the molecule is CC(C)(C)[Si](C)(C)OCc1ccc(F)cc1.CC(C)(C)[Si]OC(C)(C)c1ccc(F)c(O)c1. The van der Waals surface area contributed by atoms with Gasteiger partial charge in [-0.1, -0.05) is 59.7 Å². The molecule has 2 aromatic rings. The first-order chi connectivity index (χ1) is 14.8. The zero-order valence-electron chi connectivity index (χ0n) is 21.8. The van der Waals surface area contributed by atoms with Gasteiger partial charge in [0.25, 0.3) is 0 Å². The van der Waals surface area contributed by atoms with Crippen molar-refractivity contribution >= 4 is 18.1 Å². The molecule has 0 unspecified atom stereocenters. The van der Waals surface area contributed by atoms with E-state index in [0.717, 1.165) is 11.1 Å². The minimum atomic E-state index is -1.70. The van der Waals surface area contributed by atoms with Crippen LogP contribution in [0.4, 0.5) is 8.78 Å². The lowest BCUT2D eigenvalue weighted by molar-refractivity contribution is 0.109. The highest BCUT2D eigenvalue weighted by molar-refractivity contribution is 6.74. The molecular weight excluding hydrogens is 454 g/mol. The van der Waals surface area contributed by atoms with Crippen LogP contribution in [0.3, 0.4) is 0 Å². The maximum absolute atomic E-state index is 13.0. The van der Waals surface area contributed by atoms with Crippen LogP contribution in [0.1, 0.15) is 66.5 Å². The number of benzene rings is 2. The molecule has 3 nitrogen and oxygen atoms in total. The third kappa shape index (κ3) is 10.1. The highest BCUT2D eigenvalue weighted by Crippen LogP contribution is 2.37. The van der Waals surface area contributed by atoms with Gasteiger partial charge < -0.3 is 14.0 Å². The summed E-state index contributed by atoms with van der Waals surface area (Å²) >= 11 is 0. The van der Waals surface area contributed by atoms with Crippen molar-refractivity contribution < 1.29 is 22.7 Å². The van der Waals surface area contributed by atoms with Crippen molar-refractivity contribution in [2.45, 2.75) is 90.8 Å².